The molecule has 146 valence electrons. The van der Waals surface area contributed by atoms with Crippen LogP contribution in [0.1, 0.15) is 18.9 Å². The average Bonchev–Trinajstić information content (AvgIpc) is 2.92. The number of hydrogen-bond acceptors (Lipinski definition) is 4. The molecule has 0 aliphatic carbocycles. The first-order valence-corrected chi connectivity index (χ1v) is 9.46. The average molecular weight is 442 g/mol. The lowest BCUT2D eigenvalue weighted by molar-refractivity contribution is -0.141. The second kappa shape index (κ2) is 7.99. The summed E-state index contributed by atoms with van der Waals surface area (Å²) >= 11 is 17.7. The van der Waals surface area contributed by atoms with Crippen LogP contribution in [0.5, 0.6) is 5.75 Å². The highest BCUT2D eigenvalue weighted by Gasteiger charge is 2.51. The van der Waals surface area contributed by atoms with Crippen LogP contribution in [-0.2, 0) is 15.1 Å². The first-order chi connectivity index (χ1) is 13.3. The Bertz CT molecular complexity index is 952. The number of benzene rings is 2. The molecule has 3 rings (SSSR count). The molecule has 0 radical (unpaired) electrons. The standard InChI is InChI=1S/C19H15Cl3N2O4/c1-2-19(11-6-4-3-5-7-11)17(26)24(18(27)23-19)10-16(25)28-15-9-13(21)12(20)8-14(15)22/h3-9H,2,10H2,1H3,(H,23,27). The second-order valence-corrected chi connectivity index (χ2v) is 7.34. The molecule has 3 amide bonds. The maximum Gasteiger partial charge on any atom is 0.331 e. The maximum atomic E-state index is 13.0. The van der Waals surface area contributed by atoms with Crippen LogP contribution >= 0.6 is 34.8 Å². The van der Waals surface area contributed by atoms with Crippen LogP contribution < -0.4 is 10.1 Å². The van der Waals surface area contributed by atoms with Gasteiger partial charge >= 0.3 is 12.0 Å². The minimum atomic E-state index is -1.22. The summed E-state index contributed by atoms with van der Waals surface area (Å²) in [5, 5.41) is 3.13. The van der Waals surface area contributed by atoms with Gasteiger partial charge in [-0.25, -0.2) is 9.59 Å². The van der Waals surface area contributed by atoms with Crippen molar-refractivity contribution in [3.8, 4) is 5.75 Å². The molecular weight excluding hydrogens is 427 g/mol. The fraction of sp³-hybridized carbons (Fsp3) is 0.211. The van der Waals surface area contributed by atoms with Gasteiger partial charge in [0.2, 0.25) is 0 Å². The normalized spacial score (nSPS) is 18.9. The predicted octanol–water partition coefficient (Wildman–Crippen LogP) is 4.41. The van der Waals surface area contributed by atoms with Gasteiger partial charge in [0.25, 0.3) is 5.91 Å². The highest BCUT2D eigenvalue weighted by molar-refractivity contribution is 6.43. The van der Waals surface area contributed by atoms with E-state index in [2.05, 4.69) is 5.32 Å². The van der Waals surface area contributed by atoms with Gasteiger partial charge in [0.05, 0.1) is 15.1 Å². The highest BCUT2D eigenvalue weighted by atomic mass is 35.5. The monoisotopic (exact) mass is 440 g/mol. The molecule has 6 nitrogen and oxygen atoms in total. The molecule has 1 aliphatic heterocycles. The molecule has 0 saturated carbocycles. The van der Waals surface area contributed by atoms with Crippen molar-refractivity contribution < 1.29 is 19.1 Å². The zero-order chi connectivity index (χ0) is 20.5. The van der Waals surface area contributed by atoms with Crippen molar-refractivity contribution in [2.75, 3.05) is 6.54 Å². The van der Waals surface area contributed by atoms with Gasteiger partial charge in [-0.1, -0.05) is 72.1 Å². The van der Waals surface area contributed by atoms with Gasteiger partial charge in [-0.15, -0.1) is 0 Å². The molecule has 0 bridgehead atoms. The van der Waals surface area contributed by atoms with Crippen LogP contribution in [0.4, 0.5) is 4.79 Å². The van der Waals surface area contributed by atoms with Gasteiger partial charge in [-0.05, 0) is 18.1 Å². The molecule has 1 saturated heterocycles. The van der Waals surface area contributed by atoms with E-state index in [9.17, 15) is 14.4 Å². The number of rotatable bonds is 5. The third kappa shape index (κ3) is 3.68. The number of halogens is 3. The molecule has 1 N–H and O–H groups in total. The third-order valence-corrected chi connectivity index (χ3v) is 5.48. The number of ether oxygens (including phenoxy) is 1. The van der Waals surface area contributed by atoms with E-state index < -0.39 is 30.0 Å². The number of nitrogens with one attached hydrogen (secondary N) is 1. The second-order valence-electron chi connectivity index (χ2n) is 6.12. The third-order valence-electron chi connectivity index (χ3n) is 4.46. The lowest BCUT2D eigenvalue weighted by Crippen LogP contribution is -2.44. The van der Waals surface area contributed by atoms with Gasteiger partial charge in [-0.3, -0.25) is 9.69 Å². The van der Waals surface area contributed by atoms with Gasteiger partial charge < -0.3 is 10.1 Å². The van der Waals surface area contributed by atoms with E-state index in [1.807, 2.05) is 6.07 Å². The van der Waals surface area contributed by atoms with Crippen LogP contribution in [0.25, 0.3) is 0 Å². The van der Waals surface area contributed by atoms with Crippen molar-refractivity contribution in [2.45, 2.75) is 18.9 Å². The Kier molecular flexibility index (Phi) is 5.84. The number of esters is 1. The number of amides is 3. The van der Waals surface area contributed by atoms with E-state index >= 15 is 0 Å². The Balaban J connectivity index is 1.79. The van der Waals surface area contributed by atoms with Crippen LogP contribution in [0.2, 0.25) is 15.1 Å². The highest BCUT2D eigenvalue weighted by Crippen LogP contribution is 2.35. The van der Waals surface area contributed by atoms with Crippen LogP contribution in [-0.4, -0.2) is 29.4 Å². The fourth-order valence-electron chi connectivity index (χ4n) is 3.00. The number of hydrogen-bond donors (Lipinski definition) is 1. The Hall–Kier alpha value is -2.28. The molecule has 1 heterocycles. The maximum absolute atomic E-state index is 13.0. The number of carbonyl (C=O) groups is 3. The van der Waals surface area contributed by atoms with Crippen molar-refractivity contribution in [2.24, 2.45) is 0 Å². The number of imide groups is 1. The minimum absolute atomic E-state index is 0.0158. The molecule has 1 unspecified atom stereocenters. The minimum Gasteiger partial charge on any atom is -0.424 e. The van der Waals surface area contributed by atoms with E-state index in [4.69, 9.17) is 39.5 Å². The largest absolute Gasteiger partial charge is 0.424 e. The predicted molar refractivity (Wildman–Crippen MR) is 106 cm³/mol. The van der Waals surface area contributed by atoms with E-state index in [0.29, 0.717) is 12.0 Å². The van der Waals surface area contributed by atoms with Gasteiger partial charge in [0.15, 0.2) is 5.75 Å². The molecule has 28 heavy (non-hydrogen) atoms. The SMILES string of the molecule is CCC1(c2ccccc2)NC(=O)N(CC(=O)Oc2cc(Cl)c(Cl)cc2Cl)C1=O. The summed E-state index contributed by atoms with van der Waals surface area (Å²) in [5.41, 5.74) is -0.584. The first kappa shape index (κ1) is 20.5. The topological polar surface area (TPSA) is 75.7 Å². The van der Waals surface area contributed by atoms with Crippen LogP contribution in [0.3, 0.4) is 0 Å². The quantitative estimate of drug-likeness (QED) is 0.323. The van der Waals surface area contributed by atoms with Gasteiger partial charge in [0.1, 0.15) is 12.1 Å². The molecule has 9 heteroatoms. The fourth-order valence-corrected chi connectivity index (χ4v) is 3.57. The van der Waals surface area contributed by atoms with Gasteiger partial charge in [0, 0.05) is 6.07 Å². The van der Waals surface area contributed by atoms with Crippen molar-refractivity contribution in [1.82, 2.24) is 10.2 Å². The molecule has 1 fully saturated rings. The molecule has 2 aromatic carbocycles. The summed E-state index contributed by atoms with van der Waals surface area (Å²) in [6.07, 6.45) is 0.325. The number of carbonyl (C=O) groups excluding carboxylic acids is 3. The number of nitrogens with zero attached hydrogens (tertiary/aromatic N) is 1. The van der Waals surface area contributed by atoms with Gasteiger partial charge in [-0.2, -0.15) is 0 Å². The smallest absolute Gasteiger partial charge is 0.331 e. The van der Waals surface area contributed by atoms with Crippen molar-refractivity contribution >= 4 is 52.7 Å². The van der Waals surface area contributed by atoms with Crippen LogP contribution in [0.15, 0.2) is 42.5 Å². The zero-order valence-corrected chi connectivity index (χ0v) is 16.9. The van der Waals surface area contributed by atoms with Crippen molar-refractivity contribution in [3.05, 3.63) is 63.1 Å². The summed E-state index contributed by atoms with van der Waals surface area (Å²) in [5.74, 6) is -1.38. The van der Waals surface area contributed by atoms with E-state index in [-0.39, 0.29) is 20.8 Å². The summed E-state index contributed by atoms with van der Waals surface area (Å²) in [6.45, 7) is 1.21. The molecule has 0 aromatic heterocycles. The molecule has 1 atom stereocenters. The first-order valence-electron chi connectivity index (χ1n) is 8.33. The van der Waals surface area contributed by atoms with E-state index in [1.54, 1.807) is 31.2 Å². The Morgan fingerprint density at radius 3 is 2.36 bits per heavy atom. The summed E-state index contributed by atoms with van der Waals surface area (Å²) in [4.78, 5) is 38.5. The van der Waals surface area contributed by atoms with Crippen LogP contribution in [0, 0.1) is 0 Å². The lowest BCUT2D eigenvalue weighted by Gasteiger charge is -2.25. The van der Waals surface area contributed by atoms with E-state index in [0.717, 1.165) is 4.90 Å². The molecular formula is C19H15Cl3N2O4. The Morgan fingerprint density at radius 2 is 1.71 bits per heavy atom. The van der Waals surface area contributed by atoms with Crippen molar-refractivity contribution in [3.63, 3.8) is 0 Å². The Morgan fingerprint density at radius 1 is 1.07 bits per heavy atom. The molecule has 0 spiro atoms. The van der Waals surface area contributed by atoms with Crippen molar-refractivity contribution in [1.29, 1.82) is 0 Å². The Labute approximate surface area is 176 Å². The summed E-state index contributed by atoms with van der Waals surface area (Å²) < 4.78 is 5.16. The lowest BCUT2D eigenvalue weighted by atomic mass is 9.87. The zero-order valence-electron chi connectivity index (χ0n) is 14.7. The summed E-state index contributed by atoms with van der Waals surface area (Å²) in [6, 6.07) is 10.8. The molecule has 2 aromatic rings. The molecule has 1 aliphatic rings. The summed E-state index contributed by atoms with van der Waals surface area (Å²) in [7, 11) is 0. The van der Waals surface area contributed by atoms with E-state index in [1.165, 1.54) is 12.1 Å². The number of urea groups is 1.